The summed E-state index contributed by atoms with van der Waals surface area (Å²) in [6.45, 7) is 5.02. The summed E-state index contributed by atoms with van der Waals surface area (Å²) in [5.74, 6) is 0. The van der Waals surface area contributed by atoms with Gasteiger partial charge in [0.25, 0.3) is 0 Å². The Balaban J connectivity index is 2.21. The Morgan fingerprint density at radius 1 is 0.955 bits per heavy atom. The lowest BCUT2D eigenvalue weighted by molar-refractivity contribution is -0.0179. The van der Waals surface area contributed by atoms with Gasteiger partial charge in [-0.3, -0.25) is 4.99 Å². The molecule has 0 atom stereocenters. The lowest BCUT2D eigenvalue weighted by atomic mass is 10.0. The first-order valence-corrected chi connectivity index (χ1v) is 7.62. The lowest BCUT2D eigenvalue weighted by Crippen LogP contribution is -2.28. The fourth-order valence-electron chi connectivity index (χ4n) is 2.28. The van der Waals surface area contributed by atoms with Crippen LogP contribution in [-0.2, 0) is 4.74 Å². The molecule has 0 spiro atoms. The van der Waals surface area contributed by atoms with Crippen molar-refractivity contribution in [1.82, 2.24) is 0 Å². The molecule has 0 saturated heterocycles. The van der Waals surface area contributed by atoms with Gasteiger partial charge in [0.2, 0.25) is 0 Å². The zero-order valence-electron chi connectivity index (χ0n) is 13.3. The van der Waals surface area contributed by atoms with Gasteiger partial charge in [0.15, 0.2) is 0 Å². The lowest BCUT2D eigenvalue weighted by Gasteiger charge is -2.23. The minimum absolute atomic E-state index is 0.237. The first-order chi connectivity index (χ1) is 10.6. The van der Waals surface area contributed by atoms with Crippen molar-refractivity contribution in [2.45, 2.75) is 25.9 Å². The van der Waals surface area contributed by atoms with E-state index in [0.717, 1.165) is 23.3 Å². The summed E-state index contributed by atoms with van der Waals surface area (Å²) in [5, 5.41) is 0. The van der Waals surface area contributed by atoms with Gasteiger partial charge in [-0.1, -0.05) is 60.7 Å². The van der Waals surface area contributed by atoms with Gasteiger partial charge in [-0.2, -0.15) is 0 Å². The van der Waals surface area contributed by atoms with Crippen LogP contribution in [0, 0.1) is 0 Å². The highest BCUT2D eigenvalue weighted by molar-refractivity contribution is 6.12. The van der Waals surface area contributed by atoms with Gasteiger partial charge in [0.05, 0.1) is 18.0 Å². The van der Waals surface area contributed by atoms with Crippen LogP contribution in [0.2, 0.25) is 0 Å². The number of hydrogen-bond donors (Lipinski definition) is 1. The van der Waals surface area contributed by atoms with Crippen molar-refractivity contribution in [1.29, 1.82) is 0 Å². The molecule has 2 N–H and O–H groups in total. The van der Waals surface area contributed by atoms with E-state index < -0.39 is 0 Å². The zero-order chi connectivity index (χ0) is 15.8. The Morgan fingerprint density at radius 3 is 1.91 bits per heavy atom. The van der Waals surface area contributed by atoms with Crippen LogP contribution in [0.15, 0.2) is 65.7 Å². The van der Waals surface area contributed by atoms with Crippen LogP contribution in [0.5, 0.6) is 0 Å². The van der Waals surface area contributed by atoms with Gasteiger partial charge < -0.3 is 10.5 Å². The molecular weight excluding hydrogens is 272 g/mol. The maximum Gasteiger partial charge on any atom is 0.0947 e. The molecule has 0 aliphatic heterocycles. The molecule has 0 radical (unpaired) electrons. The fourth-order valence-corrected chi connectivity index (χ4v) is 2.28. The van der Waals surface area contributed by atoms with Gasteiger partial charge in [0, 0.05) is 17.7 Å². The summed E-state index contributed by atoms with van der Waals surface area (Å²) in [7, 11) is 0. The van der Waals surface area contributed by atoms with Crippen LogP contribution < -0.4 is 5.73 Å². The van der Waals surface area contributed by atoms with Gasteiger partial charge in [-0.25, -0.2) is 0 Å². The molecule has 3 heteroatoms. The van der Waals surface area contributed by atoms with E-state index in [1.54, 1.807) is 0 Å². The monoisotopic (exact) mass is 296 g/mol. The summed E-state index contributed by atoms with van der Waals surface area (Å²) in [6.07, 6.45) is 0.827. The van der Waals surface area contributed by atoms with E-state index in [-0.39, 0.29) is 12.3 Å². The van der Waals surface area contributed by atoms with E-state index in [9.17, 15) is 0 Å². The Morgan fingerprint density at radius 2 is 1.45 bits per heavy atom. The molecule has 22 heavy (non-hydrogen) atoms. The van der Waals surface area contributed by atoms with Crippen LogP contribution >= 0.6 is 0 Å². The van der Waals surface area contributed by atoms with Crippen LogP contribution in [0.1, 0.15) is 31.4 Å². The highest BCUT2D eigenvalue weighted by Crippen LogP contribution is 2.15. The van der Waals surface area contributed by atoms with E-state index in [1.165, 1.54) is 0 Å². The summed E-state index contributed by atoms with van der Waals surface area (Å²) in [4.78, 5) is 4.83. The smallest absolute Gasteiger partial charge is 0.0947 e. The van der Waals surface area contributed by atoms with Crippen molar-refractivity contribution in [3.05, 3.63) is 71.8 Å². The van der Waals surface area contributed by atoms with Crippen molar-refractivity contribution >= 4 is 5.71 Å². The fraction of sp³-hybridized carbons (Fsp3) is 0.316. The van der Waals surface area contributed by atoms with Crippen LogP contribution in [0.25, 0.3) is 0 Å². The average molecular weight is 296 g/mol. The maximum absolute atomic E-state index is 5.53. The molecule has 0 aliphatic rings. The molecule has 116 valence electrons. The van der Waals surface area contributed by atoms with Crippen molar-refractivity contribution in [3.8, 4) is 0 Å². The molecule has 2 rings (SSSR count). The molecule has 2 aromatic rings. The molecule has 0 bridgehead atoms. The van der Waals surface area contributed by atoms with Crippen molar-refractivity contribution < 1.29 is 4.74 Å². The number of benzene rings is 2. The predicted molar refractivity (Wildman–Crippen MR) is 92.2 cm³/mol. The van der Waals surface area contributed by atoms with Crippen molar-refractivity contribution in [3.63, 3.8) is 0 Å². The molecule has 2 aromatic carbocycles. The number of aliphatic imine (C=N–C) groups is 1. The van der Waals surface area contributed by atoms with Gasteiger partial charge in [-0.05, 0) is 20.3 Å². The zero-order valence-corrected chi connectivity index (χ0v) is 13.3. The Labute approximate surface area is 132 Å². The van der Waals surface area contributed by atoms with E-state index in [2.05, 4.69) is 24.3 Å². The van der Waals surface area contributed by atoms with Gasteiger partial charge in [-0.15, -0.1) is 0 Å². The second-order valence-corrected chi connectivity index (χ2v) is 5.78. The molecule has 0 aliphatic carbocycles. The normalized spacial score (nSPS) is 11.2. The SMILES string of the molecule is CC(C)(CCN=C(c1ccccc1)c1ccccc1)OCN. The second-order valence-electron chi connectivity index (χ2n) is 5.78. The minimum atomic E-state index is -0.253. The molecular formula is C19H24N2O. The molecule has 0 fully saturated rings. The second kappa shape index (κ2) is 7.87. The summed E-state index contributed by atoms with van der Waals surface area (Å²) in [6, 6.07) is 20.5. The van der Waals surface area contributed by atoms with Crippen LogP contribution in [0.4, 0.5) is 0 Å². The van der Waals surface area contributed by atoms with Gasteiger partial charge >= 0.3 is 0 Å². The van der Waals surface area contributed by atoms with Crippen LogP contribution in [0.3, 0.4) is 0 Å². The Kier molecular flexibility index (Phi) is 5.87. The van der Waals surface area contributed by atoms with E-state index >= 15 is 0 Å². The minimum Gasteiger partial charge on any atom is -0.361 e. The van der Waals surface area contributed by atoms with E-state index in [1.807, 2.05) is 50.2 Å². The summed E-state index contributed by atoms with van der Waals surface area (Å²) >= 11 is 0. The molecule has 0 heterocycles. The predicted octanol–water partition coefficient (Wildman–Crippen LogP) is 3.63. The van der Waals surface area contributed by atoms with Crippen molar-refractivity contribution in [2.75, 3.05) is 13.3 Å². The molecule has 0 amide bonds. The number of ether oxygens (including phenoxy) is 1. The molecule has 0 unspecified atom stereocenters. The quantitative estimate of drug-likeness (QED) is 0.626. The van der Waals surface area contributed by atoms with Gasteiger partial charge in [0.1, 0.15) is 0 Å². The first-order valence-electron chi connectivity index (χ1n) is 7.62. The molecule has 0 saturated carbocycles. The van der Waals surface area contributed by atoms with E-state index in [0.29, 0.717) is 6.54 Å². The highest BCUT2D eigenvalue weighted by atomic mass is 16.5. The third kappa shape index (κ3) is 4.79. The Hall–Kier alpha value is -1.97. The third-order valence-corrected chi connectivity index (χ3v) is 3.55. The average Bonchev–Trinajstić information content (AvgIpc) is 2.53. The number of nitrogens with two attached hydrogens (primary N) is 1. The number of hydrogen-bond acceptors (Lipinski definition) is 3. The molecule has 3 nitrogen and oxygen atoms in total. The Bertz CT molecular complexity index is 550. The summed E-state index contributed by atoms with van der Waals surface area (Å²) < 4.78 is 5.53. The highest BCUT2D eigenvalue weighted by Gasteiger charge is 2.17. The third-order valence-electron chi connectivity index (χ3n) is 3.55. The molecule has 0 aromatic heterocycles. The number of nitrogens with zero attached hydrogens (tertiary/aromatic N) is 1. The standard InChI is InChI=1S/C19H24N2O/c1-19(2,22-15-20)13-14-21-18(16-9-5-3-6-10-16)17-11-7-4-8-12-17/h3-12H,13-15,20H2,1-2H3. The van der Waals surface area contributed by atoms with Crippen molar-refractivity contribution in [2.24, 2.45) is 10.7 Å². The maximum atomic E-state index is 5.53. The summed E-state index contributed by atoms with van der Waals surface area (Å²) in [5.41, 5.74) is 8.50. The largest absolute Gasteiger partial charge is 0.361 e. The van der Waals surface area contributed by atoms with E-state index in [4.69, 9.17) is 15.5 Å². The van der Waals surface area contributed by atoms with Crippen LogP contribution in [-0.4, -0.2) is 24.6 Å². The first kappa shape index (κ1) is 16.4. The topological polar surface area (TPSA) is 47.6 Å². The number of rotatable bonds is 7.